The maximum absolute atomic E-state index is 13.5. The Hall–Kier alpha value is -7.08. The molecule has 4 aliphatic rings. The molecule has 362 valence electrons. The summed E-state index contributed by atoms with van der Waals surface area (Å²) in [6.07, 6.45) is 12.2. The minimum Gasteiger partial charge on any atom is -0.507 e. The molecule has 3 saturated heterocycles. The molecular weight excluding hydrogens is 877 g/mol. The Bertz CT molecular complexity index is 2630. The van der Waals surface area contributed by atoms with Gasteiger partial charge in [0, 0.05) is 74.4 Å². The molecule has 0 saturated carbocycles. The predicted octanol–water partition coefficient (Wildman–Crippen LogP) is 6.20. The van der Waals surface area contributed by atoms with Crippen LogP contribution in [0.2, 0.25) is 0 Å². The molecule has 0 aliphatic carbocycles. The number of hydrogen-bond acceptors (Lipinski definition) is 15. The fourth-order valence-corrected chi connectivity index (χ4v) is 9.91. The highest BCUT2D eigenvalue weighted by molar-refractivity contribution is 6.25. The number of nitrogens with one attached hydrogen (secondary N) is 2. The van der Waals surface area contributed by atoms with Crippen LogP contribution in [-0.4, -0.2) is 122 Å². The smallest absolute Gasteiger partial charge is 0.264 e. The van der Waals surface area contributed by atoms with Gasteiger partial charge in [-0.2, -0.15) is 0 Å². The van der Waals surface area contributed by atoms with Crippen molar-refractivity contribution >= 4 is 46.5 Å². The van der Waals surface area contributed by atoms with Crippen LogP contribution < -0.4 is 30.9 Å². The van der Waals surface area contributed by atoms with Crippen molar-refractivity contribution in [2.75, 3.05) is 66.7 Å². The van der Waals surface area contributed by atoms with Crippen LogP contribution in [-0.2, 0) is 16.1 Å². The zero-order chi connectivity index (χ0) is 47.9. The maximum Gasteiger partial charge on any atom is 0.264 e. The number of nitrogens with zero attached hydrogens (tertiary/aromatic N) is 9. The van der Waals surface area contributed by atoms with Gasteiger partial charge in [-0.1, -0.05) is 55.5 Å². The van der Waals surface area contributed by atoms with E-state index in [0.717, 1.165) is 82.9 Å². The number of carbonyl (C=O) groups excluding carboxylic acids is 4. The first-order chi connectivity index (χ1) is 33.6. The summed E-state index contributed by atoms with van der Waals surface area (Å²) >= 11 is 0. The molecule has 69 heavy (non-hydrogen) atoms. The van der Waals surface area contributed by atoms with Crippen molar-refractivity contribution in [2.24, 2.45) is 0 Å². The first-order valence-corrected chi connectivity index (χ1v) is 24.5. The highest BCUT2D eigenvalue weighted by atomic mass is 16.5. The van der Waals surface area contributed by atoms with E-state index in [1.807, 2.05) is 23.9 Å². The quantitative estimate of drug-likeness (QED) is 0.0536. The third-order valence-corrected chi connectivity index (χ3v) is 13.8. The molecule has 4 amide bonds. The lowest BCUT2D eigenvalue weighted by Gasteiger charge is -2.37. The van der Waals surface area contributed by atoms with Gasteiger partial charge in [0.05, 0.1) is 29.9 Å². The molecule has 5 N–H and O–H groups in total. The van der Waals surface area contributed by atoms with Crippen LogP contribution in [0.3, 0.4) is 0 Å². The van der Waals surface area contributed by atoms with Gasteiger partial charge in [0.2, 0.25) is 11.8 Å². The molecule has 0 radical (unpaired) electrons. The number of anilines is 4. The zero-order valence-corrected chi connectivity index (χ0v) is 39.3. The van der Waals surface area contributed by atoms with Crippen LogP contribution in [0.5, 0.6) is 11.5 Å². The Kier molecular flexibility index (Phi) is 14.6. The van der Waals surface area contributed by atoms with Gasteiger partial charge in [-0.25, -0.2) is 0 Å². The number of benzene rings is 3. The number of phenolic OH excluding ortho intramolecular Hbond substituents is 1. The van der Waals surface area contributed by atoms with E-state index >= 15 is 0 Å². The van der Waals surface area contributed by atoms with E-state index in [-0.39, 0.29) is 47.7 Å². The van der Waals surface area contributed by atoms with E-state index in [1.54, 1.807) is 42.5 Å². The second-order valence-electron chi connectivity index (χ2n) is 18.6. The molecule has 5 aromatic rings. The number of nitrogens with two attached hydrogens (primary N) is 1. The predicted molar refractivity (Wildman–Crippen MR) is 262 cm³/mol. The Morgan fingerprint density at radius 3 is 2.25 bits per heavy atom. The van der Waals surface area contributed by atoms with Gasteiger partial charge in [-0.05, 0) is 94.1 Å². The number of para-hydroxylation sites is 1. The fraction of sp³-hybridized carbons (Fsp3) is 0.451. The number of aryl methyl sites for hydroxylation is 1. The molecule has 0 spiro atoms. The average molecular weight is 939 g/mol. The maximum atomic E-state index is 13.5. The SMILES string of the molecule is CC(Nc1cccc2c1C(=O)N(C1CCC(=O)NC1=O)C2=O)c1cn(CCCCCCCCCN2CCN(c3ccc(N4CCCC(Oc5cc(-c6ccccc6O)nnc5N)C4)cc3)CC2)nn1. The number of ether oxygens (including phenoxy) is 1. The number of nitrogen functional groups attached to an aromatic ring is 1. The van der Waals surface area contributed by atoms with E-state index < -0.39 is 29.7 Å². The lowest BCUT2D eigenvalue weighted by Crippen LogP contribution is -2.54. The molecule has 3 aromatic carbocycles. The topological polar surface area (TPSA) is 217 Å². The Morgan fingerprint density at radius 1 is 0.783 bits per heavy atom. The van der Waals surface area contributed by atoms with Crippen molar-refractivity contribution in [3.05, 3.63) is 95.8 Å². The fourth-order valence-electron chi connectivity index (χ4n) is 9.91. The zero-order valence-electron chi connectivity index (χ0n) is 39.3. The van der Waals surface area contributed by atoms with Crippen LogP contribution in [0.15, 0.2) is 79.0 Å². The summed E-state index contributed by atoms with van der Waals surface area (Å²) in [6, 6.07) is 21.5. The standard InChI is InChI=1S/C51H62N12O6/c1-34(53-40-16-11-15-39-47(40)51(68)63(50(39)67)43-22-23-46(65)54-49(43)66)42-33-62(58-56-42)26-10-6-4-2-3-5-9-24-59-27-29-60(30-28-59)35-18-20-36(21-19-35)61-25-12-13-37(32-61)69-45-31-41(55-57-48(45)52)38-14-7-8-17-44(38)64/h7-8,11,14-21,31,33-34,37,43,53,64H,2-6,9-10,12-13,22-30,32H2,1H3,(H2,52,57)(H,54,65,66). The first kappa shape index (κ1) is 47.0. The minimum atomic E-state index is -1.02. The largest absolute Gasteiger partial charge is 0.507 e. The monoisotopic (exact) mass is 938 g/mol. The summed E-state index contributed by atoms with van der Waals surface area (Å²) in [6.45, 7) is 9.74. The molecule has 3 fully saturated rings. The third kappa shape index (κ3) is 11.0. The Balaban J connectivity index is 0.635. The summed E-state index contributed by atoms with van der Waals surface area (Å²) in [4.78, 5) is 59.4. The number of carbonyl (C=O) groups is 4. The molecular formula is C51H62N12O6. The number of amides is 4. The van der Waals surface area contributed by atoms with Gasteiger partial charge in [-0.3, -0.25) is 39.0 Å². The Morgan fingerprint density at radius 2 is 1.49 bits per heavy atom. The van der Waals surface area contributed by atoms with Gasteiger partial charge in [0.25, 0.3) is 11.8 Å². The summed E-state index contributed by atoms with van der Waals surface area (Å²) in [7, 11) is 0. The number of piperazine rings is 1. The van der Waals surface area contributed by atoms with E-state index in [4.69, 9.17) is 10.5 Å². The van der Waals surface area contributed by atoms with Gasteiger partial charge in [0.15, 0.2) is 11.6 Å². The molecule has 6 heterocycles. The lowest BCUT2D eigenvalue weighted by molar-refractivity contribution is -0.136. The summed E-state index contributed by atoms with van der Waals surface area (Å²) in [5.41, 5.74) is 11.4. The second kappa shape index (κ2) is 21.5. The molecule has 18 nitrogen and oxygen atoms in total. The lowest BCUT2D eigenvalue weighted by atomic mass is 10.0. The summed E-state index contributed by atoms with van der Waals surface area (Å²) in [5.74, 6) is -1.28. The number of aromatic hydroxyl groups is 1. The minimum absolute atomic E-state index is 0.0508. The van der Waals surface area contributed by atoms with E-state index in [2.05, 4.69) is 70.1 Å². The number of piperidine rings is 2. The number of aromatic nitrogens is 5. The second-order valence-corrected chi connectivity index (χ2v) is 18.6. The van der Waals surface area contributed by atoms with Crippen molar-refractivity contribution in [2.45, 2.75) is 102 Å². The molecule has 0 bridgehead atoms. The van der Waals surface area contributed by atoms with Crippen LogP contribution in [0.4, 0.5) is 22.9 Å². The van der Waals surface area contributed by atoms with Crippen LogP contribution >= 0.6 is 0 Å². The highest BCUT2D eigenvalue weighted by Gasteiger charge is 2.45. The van der Waals surface area contributed by atoms with Gasteiger partial charge in [0.1, 0.15) is 29.3 Å². The molecule has 4 aliphatic heterocycles. The van der Waals surface area contributed by atoms with E-state index in [0.29, 0.717) is 28.4 Å². The molecule has 2 aromatic heterocycles. The number of unbranched alkanes of at least 4 members (excludes halogenated alkanes) is 6. The summed E-state index contributed by atoms with van der Waals surface area (Å²) in [5, 5.41) is 32.9. The van der Waals surface area contributed by atoms with Gasteiger partial charge in [-0.15, -0.1) is 15.3 Å². The van der Waals surface area contributed by atoms with Gasteiger partial charge >= 0.3 is 0 Å². The Labute approximate surface area is 402 Å². The van der Waals surface area contributed by atoms with Crippen LogP contribution in [0.1, 0.15) is 110 Å². The number of hydrogen-bond donors (Lipinski definition) is 4. The number of imide groups is 2. The summed E-state index contributed by atoms with van der Waals surface area (Å²) < 4.78 is 8.25. The van der Waals surface area contributed by atoms with Crippen molar-refractivity contribution < 1.29 is 29.0 Å². The van der Waals surface area contributed by atoms with E-state index in [9.17, 15) is 24.3 Å². The van der Waals surface area contributed by atoms with Crippen molar-refractivity contribution in [3.8, 4) is 22.8 Å². The normalized spacial score (nSPS) is 19.2. The third-order valence-electron chi connectivity index (χ3n) is 13.8. The van der Waals surface area contributed by atoms with Gasteiger partial charge < -0.3 is 30.7 Å². The van der Waals surface area contributed by atoms with Crippen molar-refractivity contribution in [3.63, 3.8) is 0 Å². The highest BCUT2D eigenvalue weighted by Crippen LogP contribution is 2.35. The van der Waals surface area contributed by atoms with Crippen LogP contribution in [0.25, 0.3) is 11.3 Å². The average Bonchev–Trinajstić information content (AvgIpc) is 3.94. The molecule has 3 unspecified atom stereocenters. The van der Waals surface area contributed by atoms with Crippen molar-refractivity contribution in [1.29, 1.82) is 0 Å². The molecule has 3 atom stereocenters. The van der Waals surface area contributed by atoms with E-state index in [1.165, 1.54) is 43.5 Å². The molecule has 9 rings (SSSR count). The van der Waals surface area contributed by atoms with Crippen LogP contribution in [0, 0.1) is 0 Å². The number of fused-ring (bicyclic) bond motifs is 1. The molecule has 18 heteroatoms. The number of phenols is 1. The van der Waals surface area contributed by atoms with Crippen molar-refractivity contribution in [1.82, 2.24) is 40.3 Å². The first-order valence-electron chi connectivity index (χ1n) is 24.5. The number of rotatable bonds is 19.